The molecule has 0 amide bonds. The number of rotatable bonds is 0. The molecule has 0 spiro atoms. The van der Waals surface area contributed by atoms with Gasteiger partial charge in [0.25, 0.3) is 0 Å². The highest BCUT2D eigenvalue weighted by atomic mass is 16.5. The smallest absolute Gasteiger partial charge is 0.194 e. The Hall–Kier alpha value is -1.26. The van der Waals surface area contributed by atoms with Crippen LogP contribution in [-0.4, -0.2) is 50.2 Å². The van der Waals surface area contributed by atoms with Gasteiger partial charge in [0.1, 0.15) is 0 Å². The summed E-state index contributed by atoms with van der Waals surface area (Å²) in [7, 11) is 0. The normalized spacial score (nSPS) is 26.8. The first-order chi connectivity index (χ1) is 5.69. The molecule has 0 saturated carbocycles. The van der Waals surface area contributed by atoms with Gasteiger partial charge in [-0.1, -0.05) is 0 Å². The number of hydroxylamine groups is 2. The summed E-state index contributed by atoms with van der Waals surface area (Å²) in [6, 6.07) is 0. The van der Waals surface area contributed by atoms with E-state index in [0.29, 0.717) is 0 Å². The molecule has 0 aromatic heterocycles. The van der Waals surface area contributed by atoms with Crippen molar-refractivity contribution in [1.82, 2.24) is 11.0 Å². The second-order valence-corrected chi connectivity index (χ2v) is 2.01. The third kappa shape index (κ3) is 2.34. The van der Waals surface area contributed by atoms with E-state index in [-0.39, 0.29) is 17.1 Å². The van der Waals surface area contributed by atoms with E-state index in [4.69, 9.17) is 20.6 Å². The van der Waals surface area contributed by atoms with Crippen LogP contribution in [0.1, 0.15) is 0 Å². The Labute approximate surface area is 72.3 Å². The summed E-state index contributed by atoms with van der Waals surface area (Å²) in [5, 5.41) is 34.6. The fourth-order valence-electron chi connectivity index (χ4n) is 0.684. The minimum atomic E-state index is -1.45. The zero-order chi connectivity index (χ0) is 9.14. The van der Waals surface area contributed by atoms with E-state index in [1.54, 1.807) is 11.0 Å². The average Bonchev–Trinajstić information content (AvgIpc) is 2.09. The Morgan fingerprint density at radius 1 is 0.923 bits per heavy atom. The zero-order valence-electron chi connectivity index (χ0n) is 6.34. The summed E-state index contributed by atoms with van der Waals surface area (Å²) >= 11 is 0. The molecule has 2 unspecified atom stereocenters. The van der Waals surface area contributed by atoms with Gasteiger partial charge in [0.15, 0.2) is 24.1 Å². The van der Waals surface area contributed by atoms with Crippen LogP contribution in [0.25, 0.3) is 0 Å². The van der Waals surface area contributed by atoms with Gasteiger partial charge in [-0.25, -0.2) is 20.9 Å². The summed E-state index contributed by atoms with van der Waals surface area (Å²) in [5.41, 5.74) is 3.16. The van der Waals surface area contributed by atoms with Crippen molar-refractivity contribution in [3.63, 3.8) is 0 Å². The summed E-state index contributed by atoms with van der Waals surface area (Å²) < 4.78 is 0. The third-order valence-electron chi connectivity index (χ3n) is 1.23. The van der Waals surface area contributed by atoms with Crippen LogP contribution in [0.15, 0.2) is 9.98 Å². The molecule has 9 nitrogen and oxygen atoms in total. The molecule has 1 aliphatic heterocycles. The van der Waals surface area contributed by atoms with Gasteiger partial charge in [-0.2, -0.15) is 0 Å². The number of hydrogen-bond donors (Lipinski definition) is 6. The van der Waals surface area contributed by atoms with E-state index in [1.165, 1.54) is 0 Å². The van der Waals surface area contributed by atoms with Gasteiger partial charge in [-0.3, -0.25) is 10.4 Å². The fraction of sp³-hybridized carbons (Fsp3) is 0.500. The highest BCUT2D eigenvalue weighted by Gasteiger charge is 2.23. The van der Waals surface area contributed by atoms with E-state index in [1.807, 2.05) is 0 Å². The molecule has 0 aliphatic carbocycles. The van der Waals surface area contributed by atoms with Gasteiger partial charge in [0.2, 0.25) is 0 Å². The minimum Gasteiger partial charge on any atom is -0.412 e. The average molecular weight is 194 g/mol. The molecule has 2 atom stereocenters. The van der Waals surface area contributed by atoms with Gasteiger partial charge < -0.3 is 15.7 Å². The molecule has 13 heavy (non-hydrogen) atoms. The molecular weight excluding hydrogens is 184 g/mol. The van der Waals surface area contributed by atoms with Crippen LogP contribution in [0.5, 0.6) is 0 Å². The molecule has 0 aromatic rings. The number of hydrogen-bond acceptors (Lipinski definition) is 8. The largest absolute Gasteiger partial charge is 0.412 e. The van der Waals surface area contributed by atoms with Gasteiger partial charge >= 0.3 is 0 Å². The van der Waals surface area contributed by atoms with E-state index in [0.717, 1.165) is 0 Å². The third-order valence-corrected chi connectivity index (χ3v) is 1.23. The van der Waals surface area contributed by atoms with Crippen molar-refractivity contribution < 1.29 is 26.1 Å². The standard InChI is InChI=1S/C4H8N4O4.H2O/c9-3-4(10)6-2(8-12)1(5-3)7-11;/h3-4,9-12H,(H,5,7)(H,6,8);1H2. The maximum absolute atomic E-state index is 8.89. The molecular formula is C4H10N4O5. The molecule has 1 rings (SSSR count). The Morgan fingerprint density at radius 2 is 1.23 bits per heavy atom. The molecule has 76 valence electrons. The topological polar surface area (TPSA) is 161 Å². The number of aliphatic hydroxyl groups excluding tert-OH is 2. The van der Waals surface area contributed by atoms with Crippen LogP contribution < -0.4 is 11.0 Å². The minimum absolute atomic E-state index is 0. The van der Waals surface area contributed by atoms with Crippen molar-refractivity contribution >= 4 is 11.7 Å². The highest BCUT2D eigenvalue weighted by molar-refractivity contribution is 6.40. The second-order valence-electron chi connectivity index (χ2n) is 2.01. The summed E-state index contributed by atoms with van der Waals surface area (Å²) in [5.74, 6) is -0.509. The molecule has 1 aliphatic rings. The Balaban J connectivity index is 0.00000144. The lowest BCUT2D eigenvalue weighted by atomic mass is 10.4. The number of aliphatic hydroxyl groups is 2. The lowest BCUT2D eigenvalue weighted by molar-refractivity contribution is 0.0275. The Bertz CT molecular complexity index is 205. The Morgan fingerprint density at radius 3 is 1.46 bits per heavy atom. The SMILES string of the molecule is O.ONC1=NC(O)C(O)N=C1NO. The summed E-state index contributed by atoms with van der Waals surface area (Å²) in [4.78, 5) is 6.68. The number of amidine groups is 2. The van der Waals surface area contributed by atoms with E-state index in [2.05, 4.69) is 9.98 Å². The first-order valence-corrected chi connectivity index (χ1v) is 3.01. The van der Waals surface area contributed by atoms with Gasteiger partial charge in [0.05, 0.1) is 0 Å². The van der Waals surface area contributed by atoms with E-state index < -0.39 is 12.5 Å². The summed E-state index contributed by atoms with van der Waals surface area (Å²) in [6.07, 6.45) is -2.89. The van der Waals surface area contributed by atoms with Crippen LogP contribution in [0, 0.1) is 0 Å². The molecule has 1 heterocycles. The first kappa shape index (κ1) is 11.7. The van der Waals surface area contributed by atoms with Gasteiger partial charge in [0, 0.05) is 0 Å². The lowest BCUT2D eigenvalue weighted by Crippen LogP contribution is -2.44. The van der Waals surface area contributed by atoms with E-state index in [9.17, 15) is 0 Å². The van der Waals surface area contributed by atoms with Crippen LogP contribution in [0.4, 0.5) is 0 Å². The highest BCUT2D eigenvalue weighted by Crippen LogP contribution is 2.03. The maximum Gasteiger partial charge on any atom is 0.194 e. The maximum atomic E-state index is 8.89. The van der Waals surface area contributed by atoms with Gasteiger partial charge in [-0.05, 0) is 0 Å². The zero-order valence-corrected chi connectivity index (χ0v) is 6.34. The van der Waals surface area contributed by atoms with Crippen molar-refractivity contribution in [3.8, 4) is 0 Å². The fourth-order valence-corrected chi connectivity index (χ4v) is 0.684. The van der Waals surface area contributed by atoms with Crippen LogP contribution in [0.3, 0.4) is 0 Å². The molecule has 0 bridgehead atoms. The second kappa shape index (κ2) is 4.69. The van der Waals surface area contributed by atoms with Crippen molar-refractivity contribution in [3.05, 3.63) is 0 Å². The molecule has 9 heteroatoms. The molecule has 0 fully saturated rings. The number of nitrogens with zero attached hydrogens (tertiary/aromatic N) is 2. The van der Waals surface area contributed by atoms with Crippen molar-refractivity contribution in [2.24, 2.45) is 9.98 Å². The molecule has 0 saturated heterocycles. The Kier molecular flexibility index (Phi) is 4.23. The predicted octanol–water partition coefficient (Wildman–Crippen LogP) is -3.43. The van der Waals surface area contributed by atoms with E-state index >= 15 is 0 Å². The van der Waals surface area contributed by atoms with Crippen LogP contribution in [-0.2, 0) is 0 Å². The summed E-state index contributed by atoms with van der Waals surface area (Å²) in [6.45, 7) is 0. The molecule has 8 N–H and O–H groups in total. The van der Waals surface area contributed by atoms with Crippen LogP contribution >= 0.6 is 0 Å². The first-order valence-electron chi connectivity index (χ1n) is 3.01. The van der Waals surface area contributed by atoms with Gasteiger partial charge in [-0.15, -0.1) is 0 Å². The predicted molar refractivity (Wildman–Crippen MR) is 40.3 cm³/mol. The van der Waals surface area contributed by atoms with Crippen molar-refractivity contribution in [1.29, 1.82) is 0 Å². The quantitative estimate of drug-likeness (QED) is 0.220. The van der Waals surface area contributed by atoms with Crippen molar-refractivity contribution in [2.45, 2.75) is 12.5 Å². The molecule has 0 aromatic carbocycles. The lowest BCUT2D eigenvalue weighted by Gasteiger charge is -2.18. The van der Waals surface area contributed by atoms with Crippen molar-refractivity contribution in [2.75, 3.05) is 0 Å². The molecule has 0 radical (unpaired) electrons. The number of aliphatic imine (C=N–C) groups is 2. The number of nitrogens with one attached hydrogen (secondary N) is 2. The monoisotopic (exact) mass is 194 g/mol. The van der Waals surface area contributed by atoms with Crippen LogP contribution in [0.2, 0.25) is 0 Å².